The molecule has 1 aliphatic rings. The Morgan fingerprint density at radius 1 is 1.00 bits per heavy atom. The fraction of sp³-hybridized carbons (Fsp3) is 0.286. The second-order valence-corrected chi connectivity index (χ2v) is 6.82. The van der Waals surface area contributed by atoms with Crippen molar-refractivity contribution in [1.29, 1.82) is 0 Å². The number of carboxylic acids is 1. The van der Waals surface area contributed by atoms with Crippen molar-refractivity contribution >= 4 is 18.0 Å². The lowest BCUT2D eigenvalue weighted by Crippen LogP contribution is -2.44. The van der Waals surface area contributed by atoms with E-state index < -0.39 is 43.5 Å². The van der Waals surface area contributed by atoms with Crippen LogP contribution in [0.25, 0.3) is 11.1 Å². The molecule has 164 valence electrons. The van der Waals surface area contributed by atoms with E-state index in [4.69, 9.17) is 9.84 Å². The first-order valence-electron chi connectivity index (χ1n) is 9.39. The van der Waals surface area contributed by atoms with E-state index in [2.05, 4.69) is 4.84 Å². The van der Waals surface area contributed by atoms with Gasteiger partial charge in [-0.25, -0.2) is 23.9 Å². The van der Waals surface area contributed by atoms with Crippen LogP contribution in [0.1, 0.15) is 23.5 Å². The largest absolute Gasteiger partial charge is 0.479 e. The second-order valence-electron chi connectivity index (χ2n) is 6.82. The number of fused-ring (bicyclic) bond motifs is 3. The molecule has 10 heteroatoms. The zero-order chi connectivity index (χ0) is 22.4. The first-order valence-corrected chi connectivity index (χ1v) is 9.39. The third-order valence-corrected chi connectivity index (χ3v) is 4.74. The number of hydroxylamine groups is 1. The average Bonchev–Trinajstić information content (AvgIpc) is 3.05. The van der Waals surface area contributed by atoms with Crippen molar-refractivity contribution in [1.82, 2.24) is 10.8 Å². The summed E-state index contributed by atoms with van der Waals surface area (Å²) < 4.78 is 31.6. The standard InChI is InChI=1S/C21H20F2N2O6/c22-20(23)17(9-18(26)25-31-11-19(27)28)24-21(29)30-10-16-14-7-3-1-5-12(14)13-6-2-4-8-15(13)16/h1-8,16-17,20H,9-11H2,(H,24,29)(H,25,26)(H,27,28). The predicted octanol–water partition coefficient (Wildman–Crippen LogP) is 2.68. The van der Waals surface area contributed by atoms with Crippen LogP contribution in [0.3, 0.4) is 0 Å². The van der Waals surface area contributed by atoms with Crippen LogP contribution in [0.2, 0.25) is 0 Å². The molecule has 2 amide bonds. The summed E-state index contributed by atoms with van der Waals surface area (Å²) in [5, 5.41) is 10.4. The van der Waals surface area contributed by atoms with Crippen LogP contribution in [0, 0.1) is 0 Å². The van der Waals surface area contributed by atoms with Crippen molar-refractivity contribution in [3.8, 4) is 11.1 Å². The van der Waals surface area contributed by atoms with Crippen molar-refractivity contribution < 1.29 is 37.8 Å². The number of carboxylic acid groups (broad SMARTS) is 1. The zero-order valence-electron chi connectivity index (χ0n) is 16.2. The second kappa shape index (κ2) is 9.98. The lowest BCUT2D eigenvalue weighted by molar-refractivity contribution is -0.149. The summed E-state index contributed by atoms with van der Waals surface area (Å²) in [5.41, 5.74) is 5.71. The van der Waals surface area contributed by atoms with E-state index in [9.17, 15) is 23.2 Å². The van der Waals surface area contributed by atoms with Gasteiger partial charge >= 0.3 is 12.1 Å². The Hall–Kier alpha value is -3.53. The molecule has 0 saturated carbocycles. The molecule has 8 nitrogen and oxygen atoms in total. The first-order chi connectivity index (χ1) is 14.9. The van der Waals surface area contributed by atoms with E-state index in [0.29, 0.717) is 0 Å². The maximum Gasteiger partial charge on any atom is 0.407 e. The number of aliphatic carboxylic acids is 1. The lowest BCUT2D eigenvalue weighted by Gasteiger charge is -2.19. The molecule has 3 rings (SSSR count). The topological polar surface area (TPSA) is 114 Å². The van der Waals surface area contributed by atoms with Crippen molar-refractivity contribution in [2.75, 3.05) is 13.2 Å². The van der Waals surface area contributed by atoms with Crippen molar-refractivity contribution in [3.05, 3.63) is 59.7 Å². The third-order valence-electron chi connectivity index (χ3n) is 4.74. The van der Waals surface area contributed by atoms with Gasteiger partial charge in [0.15, 0.2) is 6.61 Å². The molecule has 2 aromatic rings. The molecule has 31 heavy (non-hydrogen) atoms. The van der Waals surface area contributed by atoms with Crippen LogP contribution in [-0.4, -0.2) is 48.8 Å². The number of carbonyl (C=O) groups excluding carboxylic acids is 2. The highest BCUT2D eigenvalue weighted by atomic mass is 19.3. The number of halogens is 2. The summed E-state index contributed by atoms with van der Waals surface area (Å²) in [6, 6.07) is 13.5. The highest BCUT2D eigenvalue weighted by Crippen LogP contribution is 2.44. The Morgan fingerprint density at radius 3 is 2.13 bits per heavy atom. The predicted molar refractivity (Wildman–Crippen MR) is 104 cm³/mol. The molecule has 0 saturated heterocycles. The van der Waals surface area contributed by atoms with Gasteiger partial charge in [0.2, 0.25) is 5.91 Å². The Morgan fingerprint density at radius 2 is 1.58 bits per heavy atom. The van der Waals surface area contributed by atoms with Gasteiger partial charge in [-0.3, -0.25) is 9.63 Å². The van der Waals surface area contributed by atoms with Gasteiger partial charge in [0, 0.05) is 5.92 Å². The number of ether oxygens (including phenoxy) is 1. The lowest BCUT2D eigenvalue weighted by atomic mass is 9.98. The number of nitrogens with one attached hydrogen (secondary N) is 2. The molecular weight excluding hydrogens is 414 g/mol. The molecule has 0 radical (unpaired) electrons. The van der Waals surface area contributed by atoms with Crippen molar-refractivity contribution in [2.24, 2.45) is 0 Å². The minimum absolute atomic E-state index is 0.0657. The van der Waals surface area contributed by atoms with E-state index in [0.717, 1.165) is 22.3 Å². The van der Waals surface area contributed by atoms with E-state index in [1.807, 2.05) is 53.8 Å². The Kier molecular flexibility index (Phi) is 7.14. The number of alkyl carbamates (subject to hydrolysis) is 1. The minimum Gasteiger partial charge on any atom is -0.479 e. The summed E-state index contributed by atoms with van der Waals surface area (Å²) in [5.74, 6) is -2.59. The molecule has 1 unspecified atom stereocenters. The number of hydrogen-bond acceptors (Lipinski definition) is 5. The third kappa shape index (κ3) is 5.54. The van der Waals surface area contributed by atoms with Gasteiger partial charge in [-0.1, -0.05) is 48.5 Å². The monoisotopic (exact) mass is 434 g/mol. The number of carbonyl (C=O) groups is 3. The van der Waals surface area contributed by atoms with Gasteiger partial charge in [0.25, 0.3) is 6.43 Å². The number of benzene rings is 2. The zero-order valence-corrected chi connectivity index (χ0v) is 16.2. The molecule has 0 fully saturated rings. The molecular formula is C21H20F2N2O6. The molecule has 0 aromatic heterocycles. The molecule has 3 N–H and O–H groups in total. The molecule has 1 aliphatic carbocycles. The molecule has 0 spiro atoms. The van der Waals surface area contributed by atoms with Gasteiger partial charge in [0.1, 0.15) is 12.6 Å². The molecule has 0 aliphatic heterocycles. The molecule has 2 aromatic carbocycles. The number of hydrogen-bond donors (Lipinski definition) is 3. The smallest absolute Gasteiger partial charge is 0.407 e. The van der Waals surface area contributed by atoms with Crippen LogP contribution in [0.4, 0.5) is 13.6 Å². The fourth-order valence-corrected chi connectivity index (χ4v) is 3.41. The first kappa shape index (κ1) is 22.2. The molecule has 1 atom stereocenters. The van der Waals surface area contributed by atoms with Crippen LogP contribution in [-0.2, 0) is 19.2 Å². The van der Waals surface area contributed by atoms with Gasteiger partial charge in [-0.15, -0.1) is 0 Å². The van der Waals surface area contributed by atoms with E-state index in [-0.39, 0.29) is 12.5 Å². The summed E-state index contributed by atoms with van der Waals surface area (Å²) in [6.45, 7) is -0.894. The highest BCUT2D eigenvalue weighted by Gasteiger charge is 2.30. The van der Waals surface area contributed by atoms with E-state index in [1.54, 1.807) is 5.48 Å². The quantitative estimate of drug-likeness (QED) is 0.523. The van der Waals surface area contributed by atoms with E-state index >= 15 is 0 Å². The molecule has 0 heterocycles. The maximum absolute atomic E-state index is 13.2. The Labute approximate surface area is 176 Å². The fourth-order valence-electron chi connectivity index (χ4n) is 3.41. The number of alkyl halides is 2. The van der Waals surface area contributed by atoms with Crippen molar-refractivity contribution in [2.45, 2.75) is 24.8 Å². The Balaban J connectivity index is 1.57. The van der Waals surface area contributed by atoms with Crippen LogP contribution < -0.4 is 10.8 Å². The van der Waals surface area contributed by atoms with Gasteiger partial charge in [-0.2, -0.15) is 0 Å². The average molecular weight is 434 g/mol. The highest BCUT2D eigenvalue weighted by molar-refractivity contribution is 5.79. The summed E-state index contributed by atoms with van der Waals surface area (Å²) >= 11 is 0. The summed E-state index contributed by atoms with van der Waals surface area (Å²) in [6.07, 6.45) is -4.96. The summed E-state index contributed by atoms with van der Waals surface area (Å²) in [7, 11) is 0. The van der Waals surface area contributed by atoms with Crippen LogP contribution >= 0.6 is 0 Å². The van der Waals surface area contributed by atoms with Gasteiger partial charge in [0.05, 0.1) is 6.42 Å². The molecule has 0 bridgehead atoms. The van der Waals surface area contributed by atoms with Crippen molar-refractivity contribution in [3.63, 3.8) is 0 Å². The normalized spacial score (nSPS) is 13.3. The maximum atomic E-state index is 13.2. The number of amides is 2. The van der Waals surface area contributed by atoms with Crippen LogP contribution in [0.15, 0.2) is 48.5 Å². The summed E-state index contributed by atoms with van der Waals surface area (Å²) in [4.78, 5) is 38.4. The Bertz CT molecular complexity index is 923. The van der Waals surface area contributed by atoms with Gasteiger partial charge in [-0.05, 0) is 22.3 Å². The minimum atomic E-state index is -3.05. The SMILES string of the molecule is O=C(O)CONC(=O)CC(NC(=O)OCC1c2ccccc2-c2ccccc21)C(F)F. The van der Waals surface area contributed by atoms with Gasteiger partial charge < -0.3 is 15.2 Å². The van der Waals surface area contributed by atoms with Crippen LogP contribution in [0.5, 0.6) is 0 Å². The number of rotatable bonds is 9. The van der Waals surface area contributed by atoms with E-state index in [1.165, 1.54) is 0 Å².